The number of halogens is 5. The normalized spacial score (nSPS) is 12.3. The fourth-order valence-electron chi connectivity index (χ4n) is 3.07. The molecule has 0 spiro atoms. The summed E-state index contributed by atoms with van der Waals surface area (Å²) in [6, 6.07) is 8.43. The Bertz CT molecular complexity index is 1420. The largest absolute Gasteiger partial charge is 0.435 e. The van der Waals surface area contributed by atoms with Crippen LogP contribution in [-0.4, -0.2) is 29.4 Å². The molecule has 0 aliphatic heterocycles. The monoisotopic (exact) mass is 501 g/mol. The van der Waals surface area contributed by atoms with E-state index in [2.05, 4.69) is 10.1 Å². The molecule has 0 bridgehead atoms. The third-order valence-corrected chi connectivity index (χ3v) is 6.56. The summed E-state index contributed by atoms with van der Waals surface area (Å²) in [5.41, 5.74) is 1.86. The minimum atomic E-state index is -4.75. The molecule has 0 N–H and O–H groups in total. The van der Waals surface area contributed by atoms with Gasteiger partial charge in [-0.1, -0.05) is 23.7 Å². The molecular weight excluding hydrogens is 490 g/mol. The molecule has 0 aliphatic rings. The van der Waals surface area contributed by atoms with Gasteiger partial charge in [-0.15, -0.1) is 11.3 Å². The van der Waals surface area contributed by atoms with E-state index in [0.717, 1.165) is 29.1 Å². The average Bonchev–Trinajstić information content (AvgIpc) is 3.36. The third kappa shape index (κ3) is 4.27. The molecule has 0 aliphatic carbocycles. The van der Waals surface area contributed by atoms with Crippen LogP contribution in [-0.2, 0) is 16.0 Å². The van der Waals surface area contributed by atoms with Gasteiger partial charge >= 0.3 is 6.18 Å². The first-order chi connectivity index (χ1) is 14.9. The van der Waals surface area contributed by atoms with E-state index < -0.39 is 32.4 Å². The fraction of sp³-hybridized carbons (Fsp3) is 0.100. The van der Waals surface area contributed by atoms with Crippen molar-refractivity contribution in [2.45, 2.75) is 11.1 Å². The number of thiazole rings is 1. The van der Waals surface area contributed by atoms with Crippen molar-refractivity contribution in [1.82, 2.24) is 14.8 Å². The molecule has 0 saturated carbocycles. The SMILES string of the molecule is CS(=O)(=O)c1ccc(-n2nc(C(F)(F)F)cc2-c2ccc(-c3cscn3)c(Cl)c2)cc1F. The highest BCUT2D eigenvalue weighted by atomic mass is 35.5. The van der Waals surface area contributed by atoms with Crippen LogP contribution in [0.4, 0.5) is 17.6 Å². The van der Waals surface area contributed by atoms with Crippen LogP contribution < -0.4 is 0 Å². The summed E-state index contributed by atoms with van der Waals surface area (Å²) >= 11 is 7.71. The lowest BCUT2D eigenvalue weighted by Gasteiger charge is -2.11. The van der Waals surface area contributed by atoms with Crippen molar-refractivity contribution in [3.8, 4) is 28.2 Å². The van der Waals surface area contributed by atoms with Crippen LogP contribution >= 0.6 is 22.9 Å². The van der Waals surface area contributed by atoms with E-state index in [1.165, 1.54) is 23.5 Å². The Morgan fingerprint density at radius 3 is 2.41 bits per heavy atom. The fourth-order valence-corrected chi connectivity index (χ4v) is 4.63. The van der Waals surface area contributed by atoms with Crippen LogP contribution in [0.25, 0.3) is 28.2 Å². The molecule has 5 nitrogen and oxygen atoms in total. The summed E-state index contributed by atoms with van der Waals surface area (Å²) in [5, 5.41) is 5.62. The minimum absolute atomic E-state index is 0.00411. The number of rotatable bonds is 4. The van der Waals surface area contributed by atoms with Crippen molar-refractivity contribution < 1.29 is 26.0 Å². The van der Waals surface area contributed by atoms with Crippen molar-refractivity contribution in [2.75, 3.05) is 6.26 Å². The minimum Gasteiger partial charge on any atom is -0.245 e. The Morgan fingerprint density at radius 2 is 1.84 bits per heavy atom. The van der Waals surface area contributed by atoms with Crippen molar-refractivity contribution in [1.29, 1.82) is 0 Å². The summed E-state index contributed by atoms with van der Waals surface area (Å²) in [7, 11) is -3.85. The molecule has 32 heavy (non-hydrogen) atoms. The van der Waals surface area contributed by atoms with Gasteiger partial charge in [0.25, 0.3) is 0 Å². The van der Waals surface area contributed by atoms with Crippen LogP contribution in [0.2, 0.25) is 5.02 Å². The Morgan fingerprint density at radius 1 is 1.09 bits per heavy atom. The number of benzene rings is 2. The van der Waals surface area contributed by atoms with Gasteiger partial charge < -0.3 is 0 Å². The van der Waals surface area contributed by atoms with Crippen LogP contribution in [0, 0.1) is 5.82 Å². The Balaban J connectivity index is 1.88. The molecule has 2 aromatic heterocycles. The number of hydrogen-bond acceptors (Lipinski definition) is 5. The van der Waals surface area contributed by atoms with Gasteiger partial charge in [-0.3, -0.25) is 0 Å². The standard InChI is InChI=1S/C20H12ClF4N3O2S2/c1-32(29,30)18-5-3-12(7-15(18)22)28-17(8-19(27-28)20(23,24)25)11-2-4-13(14(21)6-11)16-9-31-10-26-16/h2-10H,1H3. The predicted molar refractivity (Wildman–Crippen MR) is 113 cm³/mol. The number of nitrogens with zero attached hydrogens (tertiary/aromatic N) is 3. The number of alkyl halides is 3. The van der Waals surface area contributed by atoms with E-state index >= 15 is 0 Å². The average molecular weight is 502 g/mol. The molecule has 0 saturated heterocycles. The summed E-state index contributed by atoms with van der Waals surface area (Å²) in [4.78, 5) is 3.60. The van der Waals surface area contributed by atoms with Crippen molar-refractivity contribution >= 4 is 32.8 Å². The molecule has 0 atom stereocenters. The lowest BCUT2D eigenvalue weighted by atomic mass is 10.1. The van der Waals surface area contributed by atoms with Crippen LogP contribution in [0.15, 0.2) is 58.3 Å². The summed E-state index contributed by atoms with van der Waals surface area (Å²) in [5.74, 6) is -1.10. The van der Waals surface area contributed by atoms with Crippen molar-refractivity contribution in [2.24, 2.45) is 0 Å². The third-order valence-electron chi connectivity index (χ3n) is 4.53. The van der Waals surface area contributed by atoms with E-state index in [4.69, 9.17) is 11.6 Å². The zero-order chi connectivity index (χ0) is 23.3. The van der Waals surface area contributed by atoms with Gasteiger partial charge in [0.05, 0.1) is 27.6 Å². The zero-order valence-corrected chi connectivity index (χ0v) is 18.4. The maximum atomic E-state index is 14.4. The van der Waals surface area contributed by atoms with E-state index in [1.807, 2.05) is 0 Å². The molecule has 2 heterocycles. The molecule has 0 unspecified atom stereocenters. The summed E-state index contributed by atoms with van der Waals surface area (Å²) in [6.07, 6.45) is -3.92. The van der Waals surface area contributed by atoms with Gasteiger partial charge in [0.15, 0.2) is 15.5 Å². The second-order valence-corrected chi connectivity index (χ2v) is 9.89. The Labute approximate surface area is 188 Å². The smallest absolute Gasteiger partial charge is 0.245 e. The van der Waals surface area contributed by atoms with E-state index in [-0.39, 0.29) is 16.4 Å². The van der Waals surface area contributed by atoms with E-state index in [0.29, 0.717) is 16.8 Å². The molecule has 4 aromatic rings. The maximum Gasteiger partial charge on any atom is 0.435 e. The molecule has 4 rings (SSSR count). The maximum absolute atomic E-state index is 14.4. The van der Waals surface area contributed by atoms with Gasteiger partial charge in [0.1, 0.15) is 10.7 Å². The van der Waals surface area contributed by atoms with Gasteiger partial charge in [-0.25, -0.2) is 22.5 Å². The zero-order valence-electron chi connectivity index (χ0n) is 16.1. The summed E-state index contributed by atoms with van der Waals surface area (Å²) in [6.45, 7) is 0. The molecule has 166 valence electrons. The second-order valence-electron chi connectivity index (χ2n) is 6.78. The van der Waals surface area contributed by atoms with Gasteiger partial charge in [0.2, 0.25) is 0 Å². The first-order valence-electron chi connectivity index (χ1n) is 8.81. The predicted octanol–water partition coefficient (Wildman–Crippen LogP) is 5.88. The lowest BCUT2D eigenvalue weighted by Crippen LogP contribution is -2.08. The van der Waals surface area contributed by atoms with Gasteiger partial charge in [-0.2, -0.15) is 18.3 Å². The molecule has 0 radical (unpaired) electrons. The molecule has 12 heteroatoms. The van der Waals surface area contributed by atoms with E-state index in [1.54, 1.807) is 23.0 Å². The van der Waals surface area contributed by atoms with Crippen LogP contribution in [0.1, 0.15) is 5.69 Å². The topological polar surface area (TPSA) is 64.8 Å². The van der Waals surface area contributed by atoms with E-state index in [9.17, 15) is 26.0 Å². The van der Waals surface area contributed by atoms with Crippen molar-refractivity contribution in [3.63, 3.8) is 0 Å². The quantitative estimate of drug-likeness (QED) is 0.328. The summed E-state index contributed by atoms with van der Waals surface area (Å²) < 4.78 is 78.8. The van der Waals surface area contributed by atoms with Crippen LogP contribution in [0.3, 0.4) is 0 Å². The molecule has 0 fully saturated rings. The Hall–Kier alpha value is -2.76. The number of sulfone groups is 1. The van der Waals surface area contributed by atoms with Gasteiger partial charge in [-0.05, 0) is 24.3 Å². The highest BCUT2D eigenvalue weighted by Gasteiger charge is 2.35. The lowest BCUT2D eigenvalue weighted by molar-refractivity contribution is -0.141. The first kappa shape index (κ1) is 22.4. The molecule has 2 aromatic carbocycles. The molecule has 0 amide bonds. The molecular formula is C20H12ClF4N3O2S2. The van der Waals surface area contributed by atoms with Crippen LogP contribution in [0.5, 0.6) is 0 Å². The number of hydrogen-bond donors (Lipinski definition) is 0. The number of aromatic nitrogens is 3. The second kappa shape index (κ2) is 7.98. The highest BCUT2D eigenvalue weighted by Crippen LogP contribution is 2.36. The highest BCUT2D eigenvalue weighted by molar-refractivity contribution is 7.90. The van der Waals surface area contributed by atoms with Gasteiger partial charge in [0, 0.05) is 28.8 Å². The Kier molecular flexibility index (Phi) is 5.60. The van der Waals surface area contributed by atoms with Crippen molar-refractivity contribution in [3.05, 3.63) is 69.9 Å². The first-order valence-corrected chi connectivity index (χ1v) is 12.0.